The lowest BCUT2D eigenvalue weighted by Gasteiger charge is -2.15. The van der Waals surface area contributed by atoms with E-state index in [1.165, 1.54) is 17.5 Å². The fraction of sp³-hybridized carbons (Fsp3) is 0.400. The van der Waals surface area contributed by atoms with Gasteiger partial charge in [-0.3, -0.25) is 0 Å². The van der Waals surface area contributed by atoms with Gasteiger partial charge < -0.3 is 20.9 Å². The van der Waals surface area contributed by atoms with E-state index < -0.39 is 0 Å². The SMILES string of the molecule is CCc1cc2c(Cc3cccc(NC(N)=Nc4cc(C(C)(C)C)on4)c3)ncnc2cc1C[C@@H]1CCNC1. The Kier molecular flexibility index (Phi) is 7.42. The average molecular weight is 512 g/mol. The third kappa shape index (κ3) is 6.02. The third-order valence-corrected chi connectivity index (χ3v) is 7.13. The Bertz CT molecular complexity index is 1440. The predicted octanol–water partition coefficient (Wildman–Crippen LogP) is 5.28. The predicted molar refractivity (Wildman–Crippen MR) is 153 cm³/mol. The fourth-order valence-electron chi connectivity index (χ4n) is 5.03. The first-order chi connectivity index (χ1) is 18.3. The fourth-order valence-corrected chi connectivity index (χ4v) is 5.03. The van der Waals surface area contributed by atoms with Gasteiger partial charge in [0.05, 0.1) is 11.2 Å². The summed E-state index contributed by atoms with van der Waals surface area (Å²) in [5, 5.41) is 11.8. The molecule has 0 amide bonds. The first-order valence-electron chi connectivity index (χ1n) is 13.4. The molecule has 1 aliphatic rings. The minimum Gasteiger partial charge on any atom is -0.369 e. The molecule has 2 aromatic heterocycles. The molecule has 1 fully saturated rings. The van der Waals surface area contributed by atoms with Crippen molar-refractivity contribution in [3.63, 3.8) is 0 Å². The molecule has 2 aromatic carbocycles. The van der Waals surface area contributed by atoms with Crippen molar-refractivity contribution in [3.8, 4) is 0 Å². The zero-order valence-corrected chi connectivity index (χ0v) is 22.7. The summed E-state index contributed by atoms with van der Waals surface area (Å²) in [7, 11) is 0. The Morgan fingerprint density at radius 1 is 1.16 bits per heavy atom. The highest BCUT2D eigenvalue weighted by Gasteiger charge is 2.20. The quantitative estimate of drug-likeness (QED) is 0.228. The lowest BCUT2D eigenvalue weighted by Crippen LogP contribution is -2.22. The summed E-state index contributed by atoms with van der Waals surface area (Å²) in [5.41, 5.74) is 12.8. The molecule has 0 aliphatic carbocycles. The number of hydrogen-bond donors (Lipinski definition) is 3. The molecule has 3 heterocycles. The number of nitrogens with one attached hydrogen (secondary N) is 2. The molecule has 0 bridgehead atoms. The molecule has 198 valence electrons. The number of nitrogens with zero attached hydrogens (tertiary/aromatic N) is 4. The number of guanidine groups is 1. The minimum atomic E-state index is -0.143. The number of nitrogens with two attached hydrogens (primary N) is 1. The molecule has 1 saturated heterocycles. The maximum atomic E-state index is 6.17. The maximum Gasteiger partial charge on any atom is 0.199 e. The van der Waals surface area contributed by atoms with Crippen LogP contribution in [0.25, 0.3) is 10.9 Å². The average Bonchev–Trinajstić information content (AvgIpc) is 3.56. The van der Waals surface area contributed by atoms with Crippen molar-refractivity contribution in [1.29, 1.82) is 0 Å². The van der Waals surface area contributed by atoms with E-state index in [1.807, 2.05) is 18.2 Å². The molecule has 0 spiro atoms. The summed E-state index contributed by atoms with van der Waals surface area (Å²) < 4.78 is 5.40. The Morgan fingerprint density at radius 3 is 2.76 bits per heavy atom. The molecule has 4 N–H and O–H groups in total. The number of benzene rings is 2. The standard InChI is InChI=1S/C30H37N7O/c1-5-21-14-24-25(33-18-34-26(24)15-22(21)11-20-9-10-32-17-20)13-19-7-6-8-23(12-19)35-29(31)36-28-16-27(38-37-28)30(2,3)4/h6-8,12,14-16,18,20,32H,5,9-11,13,17H2,1-4H3,(H3,31,35,36,37)/t20-/m0/s1. The third-order valence-electron chi connectivity index (χ3n) is 7.13. The highest BCUT2D eigenvalue weighted by atomic mass is 16.5. The second kappa shape index (κ2) is 10.9. The van der Waals surface area contributed by atoms with Crippen LogP contribution < -0.4 is 16.4 Å². The molecule has 4 aromatic rings. The topological polar surface area (TPSA) is 114 Å². The van der Waals surface area contributed by atoms with Crippen molar-refractivity contribution in [2.24, 2.45) is 16.6 Å². The van der Waals surface area contributed by atoms with Crippen LogP contribution in [-0.2, 0) is 24.7 Å². The summed E-state index contributed by atoms with van der Waals surface area (Å²) in [6.45, 7) is 10.6. The number of aryl methyl sites for hydroxylation is 1. The van der Waals surface area contributed by atoms with E-state index in [4.69, 9.17) is 10.3 Å². The van der Waals surface area contributed by atoms with Crippen molar-refractivity contribution in [3.05, 3.63) is 76.9 Å². The van der Waals surface area contributed by atoms with Crippen LogP contribution in [0.2, 0.25) is 0 Å². The number of hydrogen-bond acceptors (Lipinski definition) is 6. The Balaban J connectivity index is 1.34. The monoisotopic (exact) mass is 511 g/mol. The van der Waals surface area contributed by atoms with Gasteiger partial charge in [-0.1, -0.05) is 45.0 Å². The van der Waals surface area contributed by atoms with Crippen molar-refractivity contribution in [2.45, 2.75) is 58.8 Å². The second-order valence-corrected chi connectivity index (χ2v) is 11.2. The zero-order valence-electron chi connectivity index (χ0n) is 22.7. The van der Waals surface area contributed by atoms with Crippen molar-refractivity contribution >= 4 is 28.4 Å². The van der Waals surface area contributed by atoms with Crippen LogP contribution in [0.15, 0.2) is 58.3 Å². The van der Waals surface area contributed by atoms with Crippen LogP contribution in [0.3, 0.4) is 0 Å². The molecule has 8 heteroatoms. The van der Waals surface area contributed by atoms with Crippen LogP contribution in [0.1, 0.15) is 62.3 Å². The number of rotatable bonds is 7. The molecule has 5 rings (SSSR count). The zero-order chi connectivity index (χ0) is 26.7. The first-order valence-corrected chi connectivity index (χ1v) is 13.4. The number of aliphatic imine (C=N–C) groups is 1. The molecule has 8 nitrogen and oxygen atoms in total. The van der Waals surface area contributed by atoms with E-state index in [1.54, 1.807) is 6.33 Å². The Hall–Kier alpha value is -3.78. The summed E-state index contributed by atoms with van der Waals surface area (Å²) in [4.78, 5) is 13.7. The maximum absolute atomic E-state index is 6.17. The molecule has 0 saturated carbocycles. The lowest BCUT2D eigenvalue weighted by molar-refractivity contribution is 0.330. The lowest BCUT2D eigenvalue weighted by atomic mass is 9.92. The molecular formula is C30H37N7O. The van der Waals surface area contributed by atoms with Crippen LogP contribution in [0, 0.1) is 5.92 Å². The van der Waals surface area contributed by atoms with Gasteiger partial charge in [0.25, 0.3) is 0 Å². The minimum absolute atomic E-state index is 0.143. The Labute approximate surface area is 224 Å². The van der Waals surface area contributed by atoms with Crippen molar-refractivity contribution in [2.75, 3.05) is 18.4 Å². The van der Waals surface area contributed by atoms with E-state index in [2.05, 4.69) is 82.7 Å². The smallest absolute Gasteiger partial charge is 0.199 e. The van der Waals surface area contributed by atoms with Gasteiger partial charge in [-0.15, -0.1) is 0 Å². The van der Waals surface area contributed by atoms with E-state index in [-0.39, 0.29) is 11.4 Å². The number of fused-ring (bicyclic) bond motifs is 1. The van der Waals surface area contributed by atoms with Gasteiger partial charge in [0.2, 0.25) is 0 Å². The van der Waals surface area contributed by atoms with Gasteiger partial charge in [0.15, 0.2) is 11.8 Å². The van der Waals surface area contributed by atoms with Crippen LogP contribution in [0.4, 0.5) is 11.5 Å². The summed E-state index contributed by atoms with van der Waals surface area (Å²) in [6.07, 6.45) is 5.72. The summed E-state index contributed by atoms with van der Waals surface area (Å²) in [6, 6.07) is 14.5. The number of aromatic nitrogens is 3. The number of anilines is 1. The molecule has 0 radical (unpaired) electrons. The summed E-state index contributed by atoms with van der Waals surface area (Å²) >= 11 is 0. The van der Waals surface area contributed by atoms with Gasteiger partial charge in [-0.2, -0.15) is 4.99 Å². The summed E-state index contributed by atoms with van der Waals surface area (Å²) in [5.74, 6) is 2.16. The first kappa shape index (κ1) is 25.9. The van der Waals surface area contributed by atoms with E-state index >= 15 is 0 Å². The van der Waals surface area contributed by atoms with Gasteiger partial charge >= 0.3 is 0 Å². The molecule has 1 aliphatic heterocycles. The van der Waals surface area contributed by atoms with Gasteiger partial charge in [-0.05, 0) is 79.2 Å². The van der Waals surface area contributed by atoms with Gasteiger partial charge in [0, 0.05) is 29.0 Å². The molecular weight excluding hydrogens is 474 g/mol. The van der Waals surface area contributed by atoms with E-state index in [0.29, 0.717) is 18.2 Å². The largest absolute Gasteiger partial charge is 0.369 e. The van der Waals surface area contributed by atoms with Crippen molar-refractivity contribution < 1.29 is 4.52 Å². The molecule has 38 heavy (non-hydrogen) atoms. The molecule has 1 atom stereocenters. The van der Waals surface area contributed by atoms with Gasteiger partial charge in [0.1, 0.15) is 12.1 Å². The van der Waals surface area contributed by atoms with E-state index in [0.717, 1.165) is 59.5 Å². The van der Waals surface area contributed by atoms with E-state index in [9.17, 15) is 0 Å². The van der Waals surface area contributed by atoms with Crippen LogP contribution in [0.5, 0.6) is 0 Å². The second-order valence-electron chi connectivity index (χ2n) is 11.2. The van der Waals surface area contributed by atoms with Crippen LogP contribution >= 0.6 is 0 Å². The van der Waals surface area contributed by atoms with Crippen LogP contribution in [-0.4, -0.2) is 34.2 Å². The Morgan fingerprint density at radius 2 is 2.03 bits per heavy atom. The van der Waals surface area contributed by atoms with Gasteiger partial charge in [-0.25, -0.2) is 9.97 Å². The normalized spacial score (nSPS) is 16.3. The highest BCUT2D eigenvalue weighted by Crippen LogP contribution is 2.27. The van der Waals surface area contributed by atoms with Crippen molar-refractivity contribution in [1.82, 2.24) is 20.4 Å². The highest BCUT2D eigenvalue weighted by molar-refractivity contribution is 5.93. The molecule has 0 unspecified atom stereocenters.